The van der Waals surface area contributed by atoms with Crippen LogP contribution < -0.4 is 5.73 Å². The Balaban J connectivity index is 3.39. The Bertz CT molecular complexity index is 143. The first kappa shape index (κ1) is 7.74. The van der Waals surface area contributed by atoms with E-state index in [0.29, 0.717) is 0 Å². The second-order valence-electron chi connectivity index (χ2n) is 1.47. The molecule has 0 radical (unpaired) electrons. The Labute approximate surface area is 51.7 Å². The van der Waals surface area contributed by atoms with E-state index >= 15 is 0 Å². The Kier molecular flexibility index (Phi) is 3.19. The summed E-state index contributed by atoms with van der Waals surface area (Å²) in [6.07, 6.45) is -0.0833. The lowest BCUT2D eigenvalue weighted by Gasteiger charge is -1.86. The van der Waals surface area contributed by atoms with Crippen molar-refractivity contribution >= 4 is 11.8 Å². The van der Waals surface area contributed by atoms with Crippen LogP contribution in [0.5, 0.6) is 0 Å². The van der Waals surface area contributed by atoms with Crippen molar-refractivity contribution in [3.05, 3.63) is 0 Å². The molecule has 0 bridgehead atoms. The van der Waals surface area contributed by atoms with Gasteiger partial charge >= 0.3 is 0 Å². The van der Waals surface area contributed by atoms with Gasteiger partial charge < -0.3 is 5.73 Å². The third-order valence-corrected chi connectivity index (χ3v) is 0.710. The first-order chi connectivity index (χ1) is 4.16. The average Bonchev–Trinajstić information content (AvgIpc) is 1.83. The first-order valence-corrected chi connectivity index (χ1v) is 2.35. The van der Waals surface area contributed by atoms with Gasteiger partial charge in [0.2, 0.25) is 5.91 Å². The lowest BCUT2D eigenvalue weighted by molar-refractivity contribution is -0.123. The molecule has 0 aromatic heterocycles. The zero-order valence-electron chi connectivity index (χ0n) is 4.76. The standard InChI is InChI=1S/C4H7N3O2/c5-3(8)1-2-4(9)7-6/h6H,1-2H2,(H2,5,8). The molecular formula is C4H7N3O2. The topological polar surface area (TPSA) is 96.4 Å². The van der Waals surface area contributed by atoms with E-state index in [4.69, 9.17) is 11.3 Å². The first-order valence-electron chi connectivity index (χ1n) is 2.35. The minimum Gasteiger partial charge on any atom is -0.370 e. The van der Waals surface area contributed by atoms with E-state index in [0.717, 1.165) is 0 Å². The van der Waals surface area contributed by atoms with Crippen molar-refractivity contribution in [2.45, 2.75) is 12.8 Å². The lowest BCUT2D eigenvalue weighted by Crippen LogP contribution is -2.11. The molecule has 0 aliphatic rings. The molecule has 0 unspecified atom stereocenters. The number of nitrogens with zero attached hydrogens (tertiary/aromatic N) is 1. The summed E-state index contributed by atoms with van der Waals surface area (Å²) < 4.78 is 0. The van der Waals surface area contributed by atoms with Gasteiger partial charge in [0, 0.05) is 12.8 Å². The monoisotopic (exact) mass is 129 g/mol. The maximum absolute atomic E-state index is 10.2. The molecule has 0 aromatic rings. The third-order valence-electron chi connectivity index (χ3n) is 0.710. The van der Waals surface area contributed by atoms with Crippen molar-refractivity contribution in [3.8, 4) is 0 Å². The zero-order valence-corrected chi connectivity index (χ0v) is 4.76. The molecule has 5 nitrogen and oxygen atoms in total. The smallest absolute Gasteiger partial charge is 0.264 e. The minimum atomic E-state index is -0.617. The predicted molar refractivity (Wildman–Crippen MR) is 28.6 cm³/mol. The molecule has 2 amide bonds. The van der Waals surface area contributed by atoms with Crippen molar-refractivity contribution in [2.24, 2.45) is 10.8 Å². The number of carbonyl (C=O) groups is 2. The zero-order chi connectivity index (χ0) is 7.28. The van der Waals surface area contributed by atoms with Gasteiger partial charge in [-0.05, 0) is 0 Å². The van der Waals surface area contributed by atoms with E-state index in [1.807, 2.05) is 0 Å². The van der Waals surface area contributed by atoms with Crippen LogP contribution in [-0.4, -0.2) is 11.8 Å². The van der Waals surface area contributed by atoms with Gasteiger partial charge in [-0.25, -0.2) is 5.53 Å². The van der Waals surface area contributed by atoms with Crippen LogP contribution in [0, 0.1) is 5.53 Å². The van der Waals surface area contributed by atoms with E-state index in [-0.39, 0.29) is 12.8 Å². The van der Waals surface area contributed by atoms with Crippen LogP contribution in [-0.2, 0) is 9.59 Å². The number of rotatable bonds is 3. The van der Waals surface area contributed by atoms with Crippen molar-refractivity contribution in [1.82, 2.24) is 0 Å². The van der Waals surface area contributed by atoms with Crippen molar-refractivity contribution in [1.29, 1.82) is 5.53 Å². The van der Waals surface area contributed by atoms with E-state index in [2.05, 4.69) is 5.11 Å². The van der Waals surface area contributed by atoms with Gasteiger partial charge in [0.25, 0.3) is 5.91 Å². The van der Waals surface area contributed by atoms with Crippen molar-refractivity contribution in [3.63, 3.8) is 0 Å². The summed E-state index contributed by atoms with van der Waals surface area (Å²) in [6, 6.07) is 0. The van der Waals surface area contributed by atoms with Crippen LogP contribution in [0.3, 0.4) is 0 Å². The second-order valence-corrected chi connectivity index (χ2v) is 1.47. The molecule has 0 aromatic carbocycles. The van der Waals surface area contributed by atoms with Gasteiger partial charge in [0.1, 0.15) is 0 Å². The number of nitrogens with two attached hydrogens (primary N) is 1. The molecule has 3 N–H and O–H groups in total. The van der Waals surface area contributed by atoms with E-state index in [9.17, 15) is 9.59 Å². The number of nitrogens with one attached hydrogen (secondary N) is 1. The summed E-state index contributed by atoms with van der Waals surface area (Å²) in [7, 11) is 0. The molecule has 0 aliphatic heterocycles. The number of primary amides is 1. The Morgan fingerprint density at radius 1 is 1.44 bits per heavy atom. The molecule has 5 heteroatoms. The van der Waals surface area contributed by atoms with Crippen molar-refractivity contribution in [2.75, 3.05) is 0 Å². The summed E-state index contributed by atoms with van der Waals surface area (Å²) in [5.74, 6) is -1.17. The fourth-order valence-electron chi connectivity index (χ4n) is 0.286. The quantitative estimate of drug-likeness (QED) is 0.516. The highest BCUT2D eigenvalue weighted by atomic mass is 16.2. The summed E-state index contributed by atoms with van der Waals surface area (Å²) in [5.41, 5.74) is 10.9. The van der Waals surface area contributed by atoms with Gasteiger partial charge in [-0.2, -0.15) is 0 Å². The van der Waals surface area contributed by atoms with Gasteiger partial charge in [0.05, 0.1) is 0 Å². The molecule has 0 fully saturated rings. The molecule has 0 saturated heterocycles. The average molecular weight is 129 g/mol. The van der Waals surface area contributed by atoms with Gasteiger partial charge in [0.15, 0.2) is 0 Å². The normalized spacial score (nSPS) is 8.44. The molecule has 9 heavy (non-hydrogen) atoms. The molecule has 0 rings (SSSR count). The fraction of sp³-hybridized carbons (Fsp3) is 0.500. The Morgan fingerprint density at radius 3 is 2.33 bits per heavy atom. The Hall–Kier alpha value is -1.26. The van der Waals surface area contributed by atoms with E-state index in [1.165, 1.54) is 0 Å². The van der Waals surface area contributed by atoms with Crippen LogP contribution in [0.2, 0.25) is 0 Å². The second kappa shape index (κ2) is 3.71. The molecule has 0 aliphatic carbocycles. The van der Waals surface area contributed by atoms with Crippen molar-refractivity contribution < 1.29 is 9.59 Å². The van der Waals surface area contributed by atoms with Gasteiger partial charge in [-0.3, -0.25) is 9.59 Å². The predicted octanol–water partition coefficient (Wildman–Crippen LogP) is -0.191. The maximum atomic E-state index is 10.2. The molecule has 50 valence electrons. The molecule has 0 spiro atoms. The van der Waals surface area contributed by atoms with E-state index in [1.54, 1.807) is 0 Å². The highest BCUT2D eigenvalue weighted by Gasteiger charge is 2.00. The fourth-order valence-corrected chi connectivity index (χ4v) is 0.286. The highest BCUT2D eigenvalue weighted by Crippen LogP contribution is 1.88. The summed E-state index contributed by atoms with van der Waals surface area (Å²) in [6.45, 7) is 0. The van der Waals surface area contributed by atoms with Gasteiger partial charge in [-0.15, -0.1) is 5.11 Å². The Morgan fingerprint density at radius 2 is 2.00 bits per heavy atom. The number of amides is 2. The molecule has 0 atom stereocenters. The summed E-state index contributed by atoms with van der Waals surface area (Å²) in [4.78, 5) is 20.1. The highest BCUT2D eigenvalue weighted by molar-refractivity contribution is 5.82. The molecule has 0 saturated carbocycles. The number of hydrogen-bond donors (Lipinski definition) is 2. The van der Waals surface area contributed by atoms with Crippen LogP contribution in [0.4, 0.5) is 0 Å². The summed E-state index contributed by atoms with van der Waals surface area (Å²) in [5, 5.41) is 2.56. The lowest BCUT2D eigenvalue weighted by atomic mass is 10.3. The number of carbonyl (C=O) groups excluding carboxylic acids is 2. The molecule has 0 heterocycles. The van der Waals surface area contributed by atoms with E-state index < -0.39 is 11.8 Å². The minimum absolute atomic E-state index is 0.0266. The van der Waals surface area contributed by atoms with Crippen LogP contribution in [0.1, 0.15) is 12.8 Å². The van der Waals surface area contributed by atoms with Crippen LogP contribution in [0.15, 0.2) is 5.11 Å². The summed E-state index contributed by atoms with van der Waals surface area (Å²) >= 11 is 0. The number of hydrogen-bond acceptors (Lipinski definition) is 3. The van der Waals surface area contributed by atoms with Crippen LogP contribution in [0.25, 0.3) is 0 Å². The maximum Gasteiger partial charge on any atom is 0.264 e. The molecular weight excluding hydrogens is 122 g/mol. The van der Waals surface area contributed by atoms with Gasteiger partial charge in [-0.1, -0.05) is 0 Å². The third kappa shape index (κ3) is 4.60. The SMILES string of the molecule is N=NC(=O)CCC(N)=O. The largest absolute Gasteiger partial charge is 0.370 e. The van der Waals surface area contributed by atoms with Crippen LogP contribution >= 0.6 is 0 Å².